The summed E-state index contributed by atoms with van der Waals surface area (Å²) in [7, 11) is 0. The number of carbonyl (C=O) groups is 1. The molecule has 6 nitrogen and oxygen atoms in total. The number of carboxylic acids is 1. The molecule has 0 saturated heterocycles. The van der Waals surface area contributed by atoms with E-state index in [0.717, 1.165) is 54.3 Å². The SMILES string of the molecule is CCN(CC)c1ccc2c(c1)OC1=CC(Nc3ccccc3Cl)(N(CC)CC)C=CC1=C2c1ccccc1C(=O)O. The van der Waals surface area contributed by atoms with Crippen molar-refractivity contribution in [1.29, 1.82) is 0 Å². The lowest BCUT2D eigenvalue weighted by molar-refractivity contribution is 0.0696. The molecule has 0 bridgehead atoms. The summed E-state index contributed by atoms with van der Waals surface area (Å²) in [6.45, 7) is 11.8. The van der Waals surface area contributed by atoms with Gasteiger partial charge in [-0.3, -0.25) is 4.90 Å². The second-order valence-corrected chi connectivity index (χ2v) is 10.4. The second-order valence-electron chi connectivity index (χ2n) is 10.0. The molecule has 0 radical (unpaired) electrons. The van der Waals surface area contributed by atoms with Crippen LogP contribution in [0.3, 0.4) is 0 Å². The molecule has 1 heterocycles. The number of hydrogen-bond donors (Lipinski definition) is 2. The van der Waals surface area contributed by atoms with Crippen molar-refractivity contribution in [3.8, 4) is 5.75 Å². The maximum absolute atomic E-state index is 12.3. The highest BCUT2D eigenvalue weighted by molar-refractivity contribution is 6.33. The van der Waals surface area contributed by atoms with Crippen molar-refractivity contribution in [3.05, 3.63) is 118 Å². The molecular weight excluding hydrogens is 534 g/mol. The van der Waals surface area contributed by atoms with Crippen molar-refractivity contribution in [2.75, 3.05) is 36.4 Å². The number of anilines is 2. The van der Waals surface area contributed by atoms with Crippen LogP contribution in [0.25, 0.3) is 5.57 Å². The Morgan fingerprint density at radius 1 is 0.927 bits per heavy atom. The van der Waals surface area contributed by atoms with Gasteiger partial charge in [0.2, 0.25) is 0 Å². The molecule has 7 heteroatoms. The van der Waals surface area contributed by atoms with Crippen molar-refractivity contribution < 1.29 is 14.6 Å². The standard InChI is InChI=1S/C34H36ClN3O3/c1-5-37(6-2)23-17-18-26-30(21-23)41-31-22-34(38(7-3)8-4,36-29-16-12-11-15-28(29)35)20-19-27(31)32(26)24-13-9-10-14-25(24)33(39)40/h9-22,36H,5-8H2,1-4H3,(H,39,40). The summed E-state index contributed by atoms with van der Waals surface area (Å²) in [5.74, 6) is 0.393. The molecule has 3 aromatic carbocycles. The summed E-state index contributed by atoms with van der Waals surface area (Å²) >= 11 is 6.60. The number of carboxylic acid groups (broad SMARTS) is 1. The first-order chi connectivity index (χ1) is 19.9. The normalized spacial score (nSPS) is 17.5. The van der Waals surface area contributed by atoms with E-state index < -0.39 is 11.6 Å². The maximum Gasteiger partial charge on any atom is 0.336 e. The lowest BCUT2D eigenvalue weighted by Gasteiger charge is -2.43. The van der Waals surface area contributed by atoms with E-state index in [0.29, 0.717) is 22.1 Å². The number of halogens is 1. The van der Waals surface area contributed by atoms with Gasteiger partial charge in [0.1, 0.15) is 17.2 Å². The fraction of sp³-hybridized carbons (Fsp3) is 0.265. The van der Waals surface area contributed by atoms with Crippen molar-refractivity contribution >= 4 is 34.5 Å². The first kappa shape index (κ1) is 28.5. The van der Waals surface area contributed by atoms with Crippen LogP contribution in [0.5, 0.6) is 5.75 Å². The highest BCUT2D eigenvalue weighted by atomic mass is 35.5. The van der Waals surface area contributed by atoms with Gasteiger partial charge in [0.05, 0.1) is 16.3 Å². The Kier molecular flexibility index (Phi) is 8.25. The van der Waals surface area contributed by atoms with E-state index in [1.165, 1.54) is 0 Å². The molecule has 5 rings (SSSR count). The van der Waals surface area contributed by atoms with Gasteiger partial charge in [-0.05, 0) is 68.9 Å². The second kappa shape index (κ2) is 11.9. The number of aromatic carboxylic acids is 1. The molecule has 41 heavy (non-hydrogen) atoms. The first-order valence-corrected chi connectivity index (χ1v) is 14.6. The number of rotatable bonds is 10. The summed E-state index contributed by atoms with van der Waals surface area (Å²) < 4.78 is 6.71. The Balaban J connectivity index is 1.75. The zero-order valence-electron chi connectivity index (χ0n) is 23.9. The van der Waals surface area contributed by atoms with E-state index in [-0.39, 0.29) is 5.56 Å². The number of allylic oxidation sites excluding steroid dienone is 1. The third kappa shape index (κ3) is 5.25. The summed E-state index contributed by atoms with van der Waals surface area (Å²) in [6.07, 6.45) is 6.26. The third-order valence-electron chi connectivity index (χ3n) is 7.90. The molecule has 1 atom stereocenters. The lowest BCUT2D eigenvalue weighted by Crippen LogP contribution is -2.53. The van der Waals surface area contributed by atoms with E-state index in [2.05, 4.69) is 67.1 Å². The van der Waals surface area contributed by atoms with E-state index >= 15 is 0 Å². The van der Waals surface area contributed by atoms with Crippen molar-refractivity contribution in [2.24, 2.45) is 0 Å². The number of likely N-dealkylation sites (N-methyl/N-ethyl adjacent to an activating group) is 1. The number of nitrogens with zero attached hydrogens (tertiary/aromatic N) is 2. The van der Waals surface area contributed by atoms with Gasteiger partial charge in [-0.25, -0.2) is 4.79 Å². The molecule has 2 N–H and O–H groups in total. The molecule has 1 aliphatic heterocycles. The number of fused-ring (bicyclic) bond motifs is 2. The minimum atomic E-state index is -0.968. The molecule has 3 aromatic rings. The highest BCUT2D eigenvalue weighted by Gasteiger charge is 2.38. The quantitative estimate of drug-likeness (QED) is 0.244. The highest BCUT2D eigenvalue weighted by Crippen LogP contribution is 2.47. The van der Waals surface area contributed by atoms with Crippen molar-refractivity contribution in [1.82, 2.24) is 4.90 Å². The van der Waals surface area contributed by atoms with Crippen LogP contribution in [-0.4, -0.2) is 47.8 Å². The molecule has 0 fully saturated rings. The molecular formula is C34H36ClN3O3. The van der Waals surface area contributed by atoms with Gasteiger partial charge in [-0.1, -0.05) is 61.9 Å². The largest absolute Gasteiger partial charge is 0.478 e. The van der Waals surface area contributed by atoms with Crippen LogP contribution >= 0.6 is 11.6 Å². The lowest BCUT2D eigenvalue weighted by atomic mass is 9.83. The van der Waals surface area contributed by atoms with Crippen molar-refractivity contribution in [2.45, 2.75) is 33.4 Å². The van der Waals surface area contributed by atoms with E-state index in [1.807, 2.05) is 48.5 Å². The van der Waals surface area contributed by atoms with Gasteiger partial charge in [0.15, 0.2) is 0 Å². The Morgan fingerprint density at radius 2 is 1.63 bits per heavy atom. The van der Waals surface area contributed by atoms with Gasteiger partial charge in [0.25, 0.3) is 0 Å². The fourth-order valence-corrected chi connectivity index (χ4v) is 6.00. The molecule has 0 amide bonds. The molecule has 0 aromatic heterocycles. The van der Waals surface area contributed by atoms with Crippen LogP contribution < -0.4 is 15.0 Å². The Morgan fingerprint density at radius 3 is 2.32 bits per heavy atom. The third-order valence-corrected chi connectivity index (χ3v) is 8.22. The summed E-state index contributed by atoms with van der Waals surface area (Å²) in [4.78, 5) is 16.9. The van der Waals surface area contributed by atoms with Gasteiger partial charge in [-0.2, -0.15) is 0 Å². The number of ether oxygens (including phenoxy) is 1. The fourth-order valence-electron chi connectivity index (χ4n) is 5.82. The minimum absolute atomic E-state index is 0.248. The van der Waals surface area contributed by atoms with Gasteiger partial charge < -0.3 is 20.1 Å². The van der Waals surface area contributed by atoms with E-state index in [4.69, 9.17) is 16.3 Å². The van der Waals surface area contributed by atoms with E-state index in [1.54, 1.807) is 12.1 Å². The van der Waals surface area contributed by atoms with Gasteiger partial charge in [0, 0.05) is 47.6 Å². The molecule has 1 unspecified atom stereocenters. The Labute approximate surface area is 247 Å². The molecule has 212 valence electrons. The first-order valence-electron chi connectivity index (χ1n) is 14.2. The van der Waals surface area contributed by atoms with E-state index in [9.17, 15) is 9.90 Å². The predicted molar refractivity (Wildman–Crippen MR) is 168 cm³/mol. The Bertz CT molecular complexity index is 1550. The van der Waals surface area contributed by atoms with Crippen LogP contribution in [0.15, 0.2) is 96.3 Å². The average Bonchev–Trinajstić information content (AvgIpc) is 2.98. The molecule has 0 saturated carbocycles. The molecule has 1 aliphatic carbocycles. The number of nitrogens with one attached hydrogen (secondary N) is 1. The predicted octanol–water partition coefficient (Wildman–Crippen LogP) is 7.68. The van der Waals surface area contributed by atoms with Crippen LogP contribution in [0.1, 0.15) is 49.2 Å². The Hall–Kier alpha value is -4.00. The topological polar surface area (TPSA) is 65.0 Å². The maximum atomic E-state index is 12.3. The summed E-state index contributed by atoms with van der Waals surface area (Å²) in [5.41, 5.74) is 4.58. The number of benzene rings is 3. The van der Waals surface area contributed by atoms with Crippen LogP contribution in [0, 0.1) is 0 Å². The monoisotopic (exact) mass is 569 g/mol. The molecule has 0 spiro atoms. The average molecular weight is 570 g/mol. The van der Waals surface area contributed by atoms with Crippen LogP contribution in [-0.2, 0) is 0 Å². The van der Waals surface area contributed by atoms with Crippen LogP contribution in [0.2, 0.25) is 5.02 Å². The van der Waals surface area contributed by atoms with Crippen LogP contribution in [0.4, 0.5) is 11.4 Å². The smallest absolute Gasteiger partial charge is 0.336 e. The molecule has 2 aliphatic rings. The zero-order valence-corrected chi connectivity index (χ0v) is 24.7. The zero-order chi connectivity index (χ0) is 29.1. The van der Waals surface area contributed by atoms with Gasteiger partial charge in [-0.15, -0.1) is 0 Å². The number of para-hydroxylation sites is 1. The minimum Gasteiger partial charge on any atom is -0.478 e. The number of hydrogen-bond acceptors (Lipinski definition) is 5. The van der Waals surface area contributed by atoms with Gasteiger partial charge >= 0.3 is 5.97 Å². The summed E-state index contributed by atoms with van der Waals surface area (Å²) in [6, 6.07) is 21.1. The summed E-state index contributed by atoms with van der Waals surface area (Å²) in [5, 5.41) is 14.4. The van der Waals surface area contributed by atoms with Crippen molar-refractivity contribution in [3.63, 3.8) is 0 Å².